The molecule has 5 nitrogen and oxygen atoms in total. The fourth-order valence-corrected chi connectivity index (χ4v) is 3.00. The Kier molecular flexibility index (Phi) is 6.30. The minimum Gasteiger partial charge on any atom is -0.424 e. The molecule has 154 valence electrons. The van der Waals surface area contributed by atoms with Crippen molar-refractivity contribution in [3.05, 3.63) is 51.8 Å². The van der Waals surface area contributed by atoms with Gasteiger partial charge in [-0.1, -0.05) is 56.6 Å². The molecule has 1 aromatic carbocycles. The molecule has 2 aromatic rings. The highest BCUT2D eigenvalue weighted by atomic mass is 35.5. The first-order chi connectivity index (χ1) is 13.3. The summed E-state index contributed by atoms with van der Waals surface area (Å²) in [6, 6.07) is 9.89. The molecule has 0 aliphatic heterocycles. The number of hydrogen-bond donors (Lipinski definition) is 0. The minimum absolute atomic E-state index is 0.0141. The van der Waals surface area contributed by atoms with Crippen LogP contribution < -0.4 is 0 Å². The van der Waals surface area contributed by atoms with Crippen molar-refractivity contribution in [2.75, 3.05) is 0 Å². The van der Waals surface area contributed by atoms with Gasteiger partial charge in [0.1, 0.15) is 16.8 Å². The lowest BCUT2D eigenvalue weighted by Gasteiger charge is -2.20. The zero-order valence-corrected chi connectivity index (χ0v) is 19.1. The van der Waals surface area contributed by atoms with Crippen molar-refractivity contribution in [3.8, 4) is 6.07 Å². The number of allylic oxidation sites excluding steroid dienone is 1. The Bertz CT molecular complexity index is 995. The lowest BCUT2D eigenvalue weighted by atomic mass is 9.86. The zero-order valence-electron chi connectivity index (χ0n) is 18.3. The van der Waals surface area contributed by atoms with E-state index in [1.807, 2.05) is 24.3 Å². The van der Waals surface area contributed by atoms with Gasteiger partial charge in [0.25, 0.3) is 0 Å². The van der Waals surface area contributed by atoms with Crippen molar-refractivity contribution >= 4 is 28.9 Å². The monoisotopic (exact) mass is 413 g/mol. The number of ether oxygens (including phenoxy) is 1. The topological polar surface area (TPSA) is 67.9 Å². The molecule has 1 aromatic heterocycles. The van der Waals surface area contributed by atoms with Gasteiger partial charge in [0.05, 0.1) is 16.7 Å². The number of halogens is 1. The van der Waals surface area contributed by atoms with E-state index < -0.39 is 11.4 Å². The lowest BCUT2D eigenvalue weighted by molar-refractivity contribution is -0.145. The molecule has 0 fully saturated rings. The predicted molar refractivity (Wildman–Crippen MR) is 116 cm³/mol. The van der Waals surface area contributed by atoms with Crippen molar-refractivity contribution in [2.45, 2.75) is 53.9 Å². The third kappa shape index (κ3) is 4.89. The fraction of sp³-hybridized carbons (Fsp3) is 0.435. The smallest absolute Gasteiger partial charge is 0.316 e. The van der Waals surface area contributed by atoms with Gasteiger partial charge in [-0.3, -0.25) is 9.48 Å². The van der Waals surface area contributed by atoms with Crippen LogP contribution in [0.5, 0.6) is 0 Å². The first-order valence-corrected chi connectivity index (χ1v) is 9.82. The Morgan fingerprint density at radius 2 is 1.69 bits per heavy atom. The third-order valence-electron chi connectivity index (χ3n) is 4.56. The summed E-state index contributed by atoms with van der Waals surface area (Å²) >= 11 is 6.45. The first-order valence-electron chi connectivity index (χ1n) is 9.44. The van der Waals surface area contributed by atoms with E-state index in [1.165, 1.54) is 4.68 Å². The van der Waals surface area contributed by atoms with Gasteiger partial charge < -0.3 is 4.74 Å². The van der Waals surface area contributed by atoms with E-state index in [1.54, 1.807) is 34.7 Å². The summed E-state index contributed by atoms with van der Waals surface area (Å²) in [7, 11) is 1.70. The molecule has 6 heteroatoms. The Balaban J connectivity index is 2.73. The molecule has 0 bridgehead atoms. The predicted octanol–water partition coefficient (Wildman–Crippen LogP) is 5.66. The molecule has 0 saturated carbocycles. The molecule has 0 saturated heterocycles. The van der Waals surface area contributed by atoms with E-state index >= 15 is 0 Å². The molecule has 29 heavy (non-hydrogen) atoms. The molecule has 2 rings (SSSR count). The second-order valence-electron chi connectivity index (χ2n) is 9.16. The van der Waals surface area contributed by atoms with Crippen LogP contribution in [0.25, 0.3) is 11.3 Å². The number of carbonyl (C=O) groups is 1. The highest BCUT2D eigenvalue weighted by Crippen LogP contribution is 2.36. The average molecular weight is 414 g/mol. The van der Waals surface area contributed by atoms with Crippen LogP contribution in [0.3, 0.4) is 0 Å². The van der Waals surface area contributed by atoms with E-state index in [0.717, 1.165) is 5.56 Å². The van der Waals surface area contributed by atoms with Gasteiger partial charge >= 0.3 is 5.97 Å². The van der Waals surface area contributed by atoms with Crippen LogP contribution in [0.2, 0.25) is 5.15 Å². The summed E-state index contributed by atoms with van der Waals surface area (Å²) in [6.07, 6.45) is 0. The fourth-order valence-electron chi connectivity index (χ4n) is 2.74. The van der Waals surface area contributed by atoms with Gasteiger partial charge in [-0.15, -0.1) is 0 Å². The number of benzene rings is 1. The number of hydrogen-bond acceptors (Lipinski definition) is 4. The molecule has 0 aliphatic carbocycles. The summed E-state index contributed by atoms with van der Waals surface area (Å²) in [5.74, 6) is -0.322. The maximum Gasteiger partial charge on any atom is 0.316 e. The Morgan fingerprint density at radius 3 is 2.07 bits per heavy atom. The van der Waals surface area contributed by atoms with E-state index in [9.17, 15) is 10.1 Å². The van der Waals surface area contributed by atoms with Gasteiger partial charge in [0, 0.05) is 7.05 Å². The second-order valence-corrected chi connectivity index (χ2v) is 9.52. The third-order valence-corrected chi connectivity index (χ3v) is 5.00. The van der Waals surface area contributed by atoms with Crippen LogP contribution in [0.4, 0.5) is 0 Å². The zero-order chi connectivity index (χ0) is 22.1. The van der Waals surface area contributed by atoms with Crippen LogP contribution in [0.15, 0.2) is 24.3 Å². The molecule has 0 amide bonds. The SMILES string of the molecule is Cc1nn(C)c(Cl)c1C(OC(=O)C(C)(C)C)=C(C#N)c1ccc(C(C)(C)C)cc1. The van der Waals surface area contributed by atoms with Gasteiger partial charge in [0.2, 0.25) is 0 Å². The number of nitriles is 1. The maximum atomic E-state index is 12.7. The van der Waals surface area contributed by atoms with Crippen LogP contribution in [-0.2, 0) is 22.0 Å². The number of rotatable bonds is 3. The largest absolute Gasteiger partial charge is 0.424 e. The van der Waals surface area contributed by atoms with Crippen molar-refractivity contribution in [3.63, 3.8) is 0 Å². The molecule has 0 radical (unpaired) electrons. The quantitative estimate of drug-likeness (QED) is 0.370. The Labute approximate surface area is 177 Å². The van der Waals surface area contributed by atoms with Crippen molar-refractivity contribution < 1.29 is 9.53 Å². The first kappa shape index (κ1) is 22.7. The van der Waals surface area contributed by atoms with Crippen LogP contribution in [0, 0.1) is 23.7 Å². The molecule has 0 atom stereocenters. The Morgan fingerprint density at radius 1 is 1.14 bits per heavy atom. The average Bonchev–Trinajstić information content (AvgIpc) is 2.85. The summed E-state index contributed by atoms with van der Waals surface area (Å²) in [5, 5.41) is 14.6. The van der Waals surface area contributed by atoms with Crippen LogP contribution in [-0.4, -0.2) is 15.7 Å². The van der Waals surface area contributed by atoms with Crippen molar-refractivity contribution in [1.29, 1.82) is 5.26 Å². The van der Waals surface area contributed by atoms with E-state index in [0.29, 0.717) is 22.0 Å². The maximum absolute atomic E-state index is 12.7. The molecule has 0 spiro atoms. The van der Waals surface area contributed by atoms with E-state index in [4.69, 9.17) is 16.3 Å². The summed E-state index contributed by atoms with van der Waals surface area (Å²) in [4.78, 5) is 12.7. The van der Waals surface area contributed by atoms with Crippen LogP contribution >= 0.6 is 11.6 Å². The molecule has 0 N–H and O–H groups in total. The number of carbonyl (C=O) groups excluding carboxylic acids is 1. The molecule has 0 aliphatic rings. The summed E-state index contributed by atoms with van der Waals surface area (Å²) in [5.41, 5.74) is 2.29. The normalized spacial score (nSPS) is 13.0. The number of aryl methyl sites for hydroxylation is 2. The van der Waals surface area contributed by atoms with Gasteiger partial charge in [-0.25, -0.2) is 0 Å². The van der Waals surface area contributed by atoms with Gasteiger partial charge in [-0.05, 0) is 44.2 Å². The highest BCUT2D eigenvalue weighted by molar-refractivity contribution is 6.31. The van der Waals surface area contributed by atoms with E-state index in [2.05, 4.69) is 31.9 Å². The van der Waals surface area contributed by atoms with Gasteiger partial charge in [-0.2, -0.15) is 10.4 Å². The lowest BCUT2D eigenvalue weighted by Crippen LogP contribution is -2.23. The second kappa shape index (κ2) is 8.04. The number of aromatic nitrogens is 2. The van der Waals surface area contributed by atoms with Crippen molar-refractivity contribution in [1.82, 2.24) is 9.78 Å². The Hall–Kier alpha value is -2.58. The molecule has 1 heterocycles. The minimum atomic E-state index is -0.746. The van der Waals surface area contributed by atoms with Crippen LogP contribution in [0.1, 0.15) is 63.9 Å². The standard InChI is InChI=1S/C23H28ClN3O2/c1-14-18(20(24)27(8)26-14)19(29-21(28)23(5,6)7)17(13-25)15-9-11-16(12-10-15)22(2,3)4/h9-12H,1-8H3. The van der Waals surface area contributed by atoms with E-state index in [-0.39, 0.29) is 16.7 Å². The molecule has 0 unspecified atom stereocenters. The summed E-state index contributed by atoms with van der Waals surface area (Å²) in [6.45, 7) is 13.4. The van der Waals surface area contributed by atoms with Gasteiger partial charge in [0.15, 0.2) is 5.76 Å². The number of esters is 1. The molecular weight excluding hydrogens is 386 g/mol. The number of nitrogens with zero attached hydrogens (tertiary/aromatic N) is 3. The summed E-state index contributed by atoms with van der Waals surface area (Å²) < 4.78 is 7.26. The molecular formula is C23H28ClN3O2. The van der Waals surface area contributed by atoms with Crippen molar-refractivity contribution in [2.24, 2.45) is 12.5 Å². The highest BCUT2D eigenvalue weighted by Gasteiger charge is 2.30.